The van der Waals surface area contributed by atoms with Gasteiger partial charge in [0.25, 0.3) is 5.91 Å². The minimum absolute atomic E-state index is 0.157. The molecule has 25 heavy (non-hydrogen) atoms. The summed E-state index contributed by atoms with van der Waals surface area (Å²) in [4.78, 5) is 12.5. The normalized spacial score (nSPS) is 11.8. The molecule has 0 saturated carbocycles. The predicted octanol–water partition coefficient (Wildman–Crippen LogP) is 4.42. The number of amides is 1. The van der Waals surface area contributed by atoms with Gasteiger partial charge in [0.15, 0.2) is 6.10 Å². The van der Waals surface area contributed by atoms with E-state index in [2.05, 4.69) is 37.4 Å². The van der Waals surface area contributed by atoms with Crippen LogP contribution in [-0.2, 0) is 24.2 Å². The third kappa shape index (κ3) is 5.31. The Kier molecular flexibility index (Phi) is 6.99. The predicted molar refractivity (Wildman–Crippen MR) is 98.2 cm³/mol. The van der Waals surface area contributed by atoms with Gasteiger partial charge in [0.1, 0.15) is 11.6 Å². The molecule has 1 amide bonds. The van der Waals surface area contributed by atoms with Crippen molar-refractivity contribution < 1.29 is 13.9 Å². The van der Waals surface area contributed by atoms with E-state index < -0.39 is 6.10 Å². The SMILES string of the molecule is CCc1ccc(CC)c(CNC(=O)[C@@H](CC)Oc2ccc(F)cc2)c1. The van der Waals surface area contributed by atoms with E-state index in [1.54, 1.807) is 0 Å². The third-order valence-corrected chi connectivity index (χ3v) is 4.27. The van der Waals surface area contributed by atoms with E-state index in [0.29, 0.717) is 18.7 Å². The molecule has 0 unspecified atom stereocenters. The maximum atomic E-state index is 13.0. The van der Waals surface area contributed by atoms with Crippen molar-refractivity contribution in [3.63, 3.8) is 0 Å². The van der Waals surface area contributed by atoms with Crippen LogP contribution < -0.4 is 10.1 Å². The summed E-state index contributed by atoms with van der Waals surface area (Å²) < 4.78 is 18.7. The number of aryl methyl sites for hydroxylation is 2. The second-order valence-electron chi connectivity index (χ2n) is 6.00. The van der Waals surface area contributed by atoms with Gasteiger partial charge < -0.3 is 10.1 Å². The van der Waals surface area contributed by atoms with Crippen LogP contribution in [0.15, 0.2) is 42.5 Å². The topological polar surface area (TPSA) is 38.3 Å². The van der Waals surface area contributed by atoms with E-state index in [1.165, 1.54) is 35.4 Å². The Morgan fingerprint density at radius 2 is 1.76 bits per heavy atom. The van der Waals surface area contributed by atoms with Crippen molar-refractivity contribution in [3.05, 3.63) is 65.0 Å². The summed E-state index contributed by atoms with van der Waals surface area (Å²) in [5.74, 6) is 0.00848. The van der Waals surface area contributed by atoms with Crippen LogP contribution in [0.25, 0.3) is 0 Å². The van der Waals surface area contributed by atoms with Crippen molar-refractivity contribution in [3.8, 4) is 5.75 Å². The van der Waals surface area contributed by atoms with Gasteiger partial charge in [-0.1, -0.05) is 39.0 Å². The Labute approximate surface area is 149 Å². The zero-order valence-electron chi connectivity index (χ0n) is 15.1. The van der Waals surface area contributed by atoms with E-state index in [1.807, 2.05) is 6.92 Å². The molecule has 2 rings (SSSR count). The van der Waals surface area contributed by atoms with E-state index in [-0.39, 0.29) is 11.7 Å². The quantitative estimate of drug-likeness (QED) is 0.770. The lowest BCUT2D eigenvalue weighted by Gasteiger charge is -2.18. The molecule has 1 N–H and O–H groups in total. The van der Waals surface area contributed by atoms with Crippen LogP contribution in [0.4, 0.5) is 4.39 Å². The minimum Gasteiger partial charge on any atom is -0.481 e. The average molecular weight is 343 g/mol. The van der Waals surface area contributed by atoms with Gasteiger partial charge >= 0.3 is 0 Å². The maximum Gasteiger partial charge on any atom is 0.261 e. The van der Waals surface area contributed by atoms with Crippen molar-refractivity contribution >= 4 is 5.91 Å². The van der Waals surface area contributed by atoms with Crippen LogP contribution in [0.1, 0.15) is 43.9 Å². The summed E-state index contributed by atoms with van der Waals surface area (Å²) in [6.45, 7) is 6.60. The van der Waals surface area contributed by atoms with Crippen LogP contribution in [0.3, 0.4) is 0 Å². The highest BCUT2D eigenvalue weighted by molar-refractivity contribution is 5.81. The van der Waals surface area contributed by atoms with Crippen molar-refractivity contribution in [1.82, 2.24) is 5.32 Å². The molecule has 0 fully saturated rings. The Balaban J connectivity index is 2.01. The summed E-state index contributed by atoms with van der Waals surface area (Å²) in [5, 5.41) is 2.97. The number of carbonyl (C=O) groups excluding carboxylic acids is 1. The average Bonchev–Trinajstić information content (AvgIpc) is 2.65. The molecular weight excluding hydrogens is 317 g/mol. The van der Waals surface area contributed by atoms with E-state index in [9.17, 15) is 9.18 Å². The molecule has 0 bridgehead atoms. The van der Waals surface area contributed by atoms with Gasteiger partial charge in [-0.2, -0.15) is 0 Å². The zero-order valence-corrected chi connectivity index (χ0v) is 15.1. The second kappa shape index (κ2) is 9.21. The van der Waals surface area contributed by atoms with Gasteiger partial charge in [0, 0.05) is 6.54 Å². The Morgan fingerprint density at radius 3 is 2.36 bits per heavy atom. The molecule has 0 radical (unpaired) electrons. The Hall–Kier alpha value is -2.36. The van der Waals surface area contributed by atoms with Crippen molar-refractivity contribution in [2.24, 2.45) is 0 Å². The lowest BCUT2D eigenvalue weighted by Crippen LogP contribution is -2.37. The molecule has 0 spiro atoms. The first-order chi connectivity index (χ1) is 12.1. The van der Waals surface area contributed by atoms with Gasteiger partial charge in [-0.05, 0) is 60.2 Å². The molecule has 0 aliphatic carbocycles. The van der Waals surface area contributed by atoms with Crippen molar-refractivity contribution in [2.45, 2.75) is 52.7 Å². The smallest absolute Gasteiger partial charge is 0.261 e. The van der Waals surface area contributed by atoms with E-state index in [0.717, 1.165) is 18.4 Å². The standard InChI is InChI=1S/C21H26FNO2/c1-4-15-7-8-16(5-2)17(13-15)14-23-21(24)20(6-3)25-19-11-9-18(22)10-12-19/h7-13,20H,4-6,14H2,1-3H3,(H,23,24)/t20-/m1/s1. The number of benzene rings is 2. The molecule has 1 atom stereocenters. The van der Waals surface area contributed by atoms with Crippen molar-refractivity contribution in [1.29, 1.82) is 0 Å². The third-order valence-electron chi connectivity index (χ3n) is 4.27. The van der Waals surface area contributed by atoms with E-state index in [4.69, 9.17) is 4.74 Å². The highest BCUT2D eigenvalue weighted by Gasteiger charge is 2.18. The van der Waals surface area contributed by atoms with Crippen LogP contribution in [0, 0.1) is 5.82 Å². The lowest BCUT2D eigenvalue weighted by molar-refractivity contribution is -0.128. The minimum atomic E-state index is -0.593. The molecular formula is C21H26FNO2. The number of carbonyl (C=O) groups is 1. The number of halogens is 1. The summed E-state index contributed by atoms with van der Waals surface area (Å²) in [5.41, 5.74) is 3.65. The maximum absolute atomic E-state index is 13.0. The molecule has 0 aliphatic rings. The summed E-state index contributed by atoms with van der Waals surface area (Å²) in [6.07, 6.45) is 1.85. The monoisotopic (exact) mass is 343 g/mol. The summed E-state index contributed by atoms with van der Waals surface area (Å²) in [6, 6.07) is 12.1. The summed E-state index contributed by atoms with van der Waals surface area (Å²) in [7, 11) is 0. The van der Waals surface area contributed by atoms with Crippen LogP contribution in [0.2, 0.25) is 0 Å². The van der Waals surface area contributed by atoms with Gasteiger partial charge in [0.05, 0.1) is 0 Å². The number of hydrogen-bond donors (Lipinski definition) is 1. The molecule has 4 heteroatoms. The van der Waals surface area contributed by atoms with Crippen LogP contribution >= 0.6 is 0 Å². The van der Waals surface area contributed by atoms with Gasteiger partial charge in [-0.25, -0.2) is 4.39 Å². The highest BCUT2D eigenvalue weighted by Crippen LogP contribution is 2.16. The zero-order chi connectivity index (χ0) is 18.2. The summed E-state index contributed by atoms with van der Waals surface area (Å²) >= 11 is 0. The first-order valence-electron chi connectivity index (χ1n) is 8.87. The largest absolute Gasteiger partial charge is 0.481 e. The highest BCUT2D eigenvalue weighted by atomic mass is 19.1. The molecule has 2 aromatic carbocycles. The number of rotatable bonds is 8. The molecule has 3 nitrogen and oxygen atoms in total. The van der Waals surface area contributed by atoms with E-state index >= 15 is 0 Å². The molecule has 0 heterocycles. The lowest BCUT2D eigenvalue weighted by atomic mass is 10.0. The molecule has 0 saturated heterocycles. The van der Waals surface area contributed by atoms with Gasteiger partial charge in [0.2, 0.25) is 0 Å². The van der Waals surface area contributed by atoms with Gasteiger partial charge in [-0.3, -0.25) is 4.79 Å². The first-order valence-corrected chi connectivity index (χ1v) is 8.87. The fourth-order valence-corrected chi connectivity index (χ4v) is 2.70. The molecule has 0 aliphatic heterocycles. The molecule has 134 valence electrons. The van der Waals surface area contributed by atoms with Crippen LogP contribution in [0.5, 0.6) is 5.75 Å². The fraction of sp³-hybridized carbons (Fsp3) is 0.381. The van der Waals surface area contributed by atoms with Crippen LogP contribution in [-0.4, -0.2) is 12.0 Å². The fourth-order valence-electron chi connectivity index (χ4n) is 2.70. The number of ether oxygens (including phenoxy) is 1. The van der Waals surface area contributed by atoms with Crippen molar-refractivity contribution in [2.75, 3.05) is 0 Å². The molecule has 2 aromatic rings. The second-order valence-corrected chi connectivity index (χ2v) is 6.00. The number of hydrogen-bond acceptors (Lipinski definition) is 2. The van der Waals surface area contributed by atoms with Gasteiger partial charge in [-0.15, -0.1) is 0 Å². The first kappa shape index (κ1) is 19.0. The molecule has 0 aromatic heterocycles. The Morgan fingerprint density at radius 1 is 1.04 bits per heavy atom. The Bertz CT molecular complexity index is 698. The number of nitrogens with one attached hydrogen (secondary N) is 1.